The van der Waals surface area contributed by atoms with Crippen molar-refractivity contribution in [2.75, 3.05) is 13.2 Å². The standard InChI is InChI=1S/C14H18ClNO3/c1-9-5-4-6-11(12(9)15)13(17)16-7-10-8-18-14(2,3)19-10/h4-6,10H,7-8H2,1-3H3,(H,16,17). The smallest absolute Gasteiger partial charge is 0.252 e. The fourth-order valence-electron chi connectivity index (χ4n) is 1.99. The molecule has 0 radical (unpaired) electrons. The molecule has 0 aliphatic carbocycles. The van der Waals surface area contributed by atoms with E-state index in [1.807, 2.05) is 32.9 Å². The van der Waals surface area contributed by atoms with E-state index in [-0.39, 0.29) is 12.0 Å². The molecule has 1 saturated heterocycles. The van der Waals surface area contributed by atoms with Gasteiger partial charge in [0.2, 0.25) is 0 Å². The molecule has 1 fully saturated rings. The van der Waals surface area contributed by atoms with Crippen molar-refractivity contribution in [3.63, 3.8) is 0 Å². The molecule has 4 nitrogen and oxygen atoms in total. The molecule has 1 N–H and O–H groups in total. The number of rotatable bonds is 3. The largest absolute Gasteiger partial charge is 0.349 e. The lowest BCUT2D eigenvalue weighted by molar-refractivity contribution is -0.137. The maximum absolute atomic E-state index is 12.0. The predicted molar refractivity (Wildman–Crippen MR) is 73.4 cm³/mol. The Kier molecular flexibility index (Phi) is 4.13. The van der Waals surface area contributed by atoms with Crippen LogP contribution in [0.15, 0.2) is 18.2 Å². The summed E-state index contributed by atoms with van der Waals surface area (Å²) in [4.78, 5) is 12.0. The lowest BCUT2D eigenvalue weighted by Gasteiger charge is -2.17. The molecule has 0 saturated carbocycles. The second kappa shape index (κ2) is 5.49. The van der Waals surface area contributed by atoms with Gasteiger partial charge in [0, 0.05) is 6.54 Å². The number of nitrogens with one attached hydrogen (secondary N) is 1. The topological polar surface area (TPSA) is 47.6 Å². The van der Waals surface area contributed by atoms with Gasteiger partial charge in [-0.25, -0.2) is 0 Å². The molecule has 1 unspecified atom stereocenters. The highest BCUT2D eigenvalue weighted by Gasteiger charge is 2.32. The van der Waals surface area contributed by atoms with Crippen LogP contribution in [-0.4, -0.2) is 30.9 Å². The second-order valence-corrected chi connectivity index (χ2v) is 5.48. The molecule has 104 valence electrons. The van der Waals surface area contributed by atoms with E-state index in [1.54, 1.807) is 6.07 Å². The number of hydrogen-bond acceptors (Lipinski definition) is 3. The Morgan fingerprint density at radius 3 is 2.89 bits per heavy atom. The maximum atomic E-state index is 12.0. The van der Waals surface area contributed by atoms with Crippen molar-refractivity contribution >= 4 is 17.5 Å². The van der Waals surface area contributed by atoms with Crippen LogP contribution in [0.25, 0.3) is 0 Å². The van der Waals surface area contributed by atoms with E-state index in [4.69, 9.17) is 21.1 Å². The van der Waals surface area contributed by atoms with Gasteiger partial charge in [-0.05, 0) is 32.4 Å². The van der Waals surface area contributed by atoms with Crippen LogP contribution >= 0.6 is 11.6 Å². The second-order valence-electron chi connectivity index (χ2n) is 5.10. The molecule has 0 bridgehead atoms. The van der Waals surface area contributed by atoms with Crippen molar-refractivity contribution < 1.29 is 14.3 Å². The van der Waals surface area contributed by atoms with E-state index < -0.39 is 5.79 Å². The number of halogens is 1. The Bertz CT molecular complexity index is 488. The summed E-state index contributed by atoms with van der Waals surface area (Å²) in [6.45, 7) is 6.47. The number of carbonyl (C=O) groups is 1. The lowest BCUT2D eigenvalue weighted by atomic mass is 10.1. The van der Waals surface area contributed by atoms with E-state index in [0.717, 1.165) is 5.56 Å². The molecule has 1 aromatic carbocycles. The van der Waals surface area contributed by atoms with Gasteiger partial charge < -0.3 is 14.8 Å². The SMILES string of the molecule is Cc1cccc(C(=O)NCC2COC(C)(C)O2)c1Cl. The highest BCUT2D eigenvalue weighted by molar-refractivity contribution is 6.34. The van der Waals surface area contributed by atoms with Gasteiger partial charge in [0.1, 0.15) is 6.10 Å². The molecule has 19 heavy (non-hydrogen) atoms. The van der Waals surface area contributed by atoms with Crippen molar-refractivity contribution in [1.82, 2.24) is 5.32 Å². The van der Waals surface area contributed by atoms with E-state index in [2.05, 4.69) is 5.32 Å². The summed E-state index contributed by atoms with van der Waals surface area (Å²) >= 11 is 6.11. The van der Waals surface area contributed by atoms with Crippen molar-refractivity contribution in [3.05, 3.63) is 34.3 Å². The Balaban J connectivity index is 1.93. The summed E-state index contributed by atoms with van der Waals surface area (Å²) in [6.07, 6.45) is -0.123. The highest BCUT2D eigenvalue weighted by atomic mass is 35.5. The van der Waals surface area contributed by atoms with Crippen LogP contribution in [0.4, 0.5) is 0 Å². The summed E-state index contributed by atoms with van der Waals surface area (Å²) in [6, 6.07) is 5.39. The molecular weight excluding hydrogens is 266 g/mol. The Morgan fingerprint density at radius 1 is 1.53 bits per heavy atom. The average molecular weight is 284 g/mol. The van der Waals surface area contributed by atoms with E-state index in [9.17, 15) is 4.79 Å². The van der Waals surface area contributed by atoms with Crippen LogP contribution in [-0.2, 0) is 9.47 Å². The van der Waals surface area contributed by atoms with Crippen molar-refractivity contribution in [1.29, 1.82) is 0 Å². The van der Waals surface area contributed by atoms with E-state index in [1.165, 1.54) is 0 Å². The van der Waals surface area contributed by atoms with Crippen LogP contribution in [0.1, 0.15) is 29.8 Å². The molecule has 1 aromatic rings. The normalized spacial score (nSPS) is 21.4. The summed E-state index contributed by atoms with van der Waals surface area (Å²) in [5.74, 6) is -0.766. The Morgan fingerprint density at radius 2 is 2.26 bits per heavy atom. The minimum absolute atomic E-state index is 0.123. The predicted octanol–water partition coefficient (Wildman–Crippen LogP) is 2.53. The number of carbonyl (C=O) groups excluding carboxylic acids is 1. The summed E-state index contributed by atoms with van der Waals surface area (Å²) in [5, 5.41) is 3.31. The molecular formula is C14H18ClNO3. The number of hydrogen-bond donors (Lipinski definition) is 1. The van der Waals surface area contributed by atoms with Gasteiger partial charge in [-0.3, -0.25) is 4.79 Å². The molecule has 1 aliphatic heterocycles. The third-order valence-corrected chi connectivity index (χ3v) is 3.50. The van der Waals surface area contributed by atoms with Crippen molar-refractivity contribution in [3.8, 4) is 0 Å². The van der Waals surface area contributed by atoms with Crippen LogP contribution in [0, 0.1) is 6.92 Å². The molecule has 2 rings (SSSR count). The quantitative estimate of drug-likeness (QED) is 0.927. The minimum atomic E-state index is -0.573. The van der Waals surface area contributed by atoms with Gasteiger partial charge in [-0.2, -0.15) is 0 Å². The number of aryl methyl sites for hydroxylation is 1. The van der Waals surface area contributed by atoms with Gasteiger partial charge in [-0.15, -0.1) is 0 Å². The molecule has 5 heteroatoms. The van der Waals surface area contributed by atoms with Gasteiger partial charge in [-0.1, -0.05) is 23.7 Å². The zero-order valence-corrected chi connectivity index (χ0v) is 12.1. The first-order valence-electron chi connectivity index (χ1n) is 6.24. The third-order valence-electron chi connectivity index (χ3n) is 2.99. The zero-order chi connectivity index (χ0) is 14.0. The summed E-state index contributed by atoms with van der Waals surface area (Å²) in [5.41, 5.74) is 1.37. The molecule has 1 aliphatic rings. The van der Waals surface area contributed by atoms with Crippen LogP contribution < -0.4 is 5.32 Å². The van der Waals surface area contributed by atoms with Gasteiger partial charge >= 0.3 is 0 Å². The first-order valence-corrected chi connectivity index (χ1v) is 6.62. The van der Waals surface area contributed by atoms with Crippen LogP contribution in [0.3, 0.4) is 0 Å². The van der Waals surface area contributed by atoms with E-state index in [0.29, 0.717) is 23.7 Å². The van der Waals surface area contributed by atoms with Crippen LogP contribution in [0.2, 0.25) is 5.02 Å². The maximum Gasteiger partial charge on any atom is 0.252 e. The molecule has 1 heterocycles. The van der Waals surface area contributed by atoms with Gasteiger partial charge in [0.25, 0.3) is 5.91 Å². The average Bonchev–Trinajstić information content (AvgIpc) is 2.69. The molecule has 0 spiro atoms. The number of benzene rings is 1. The minimum Gasteiger partial charge on any atom is -0.349 e. The number of amides is 1. The first-order chi connectivity index (χ1) is 8.89. The van der Waals surface area contributed by atoms with Crippen molar-refractivity contribution in [2.24, 2.45) is 0 Å². The fourth-order valence-corrected chi connectivity index (χ4v) is 2.20. The molecule has 0 aromatic heterocycles. The summed E-state index contributed by atoms with van der Waals surface area (Å²) in [7, 11) is 0. The third kappa shape index (κ3) is 3.47. The van der Waals surface area contributed by atoms with Crippen molar-refractivity contribution in [2.45, 2.75) is 32.7 Å². The first kappa shape index (κ1) is 14.3. The van der Waals surface area contributed by atoms with Crippen LogP contribution in [0.5, 0.6) is 0 Å². The number of ether oxygens (including phenoxy) is 2. The molecule has 1 atom stereocenters. The fraction of sp³-hybridized carbons (Fsp3) is 0.500. The zero-order valence-electron chi connectivity index (χ0n) is 11.3. The summed E-state index contributed by atoms with van der Waals surface area (Å²) < 4.78 is 11.1. The van der Waals surface area contributed by atoms with Gasteiger partial charge in [0.05, 0.1) is 17.2 Å². The lowest BCUT2D eigenvalue weighted by Crippen LogP contribution is -2.34. The Hall–Kier alpha value is -1.10. The van der Waals surface area contributed by atoms with E-state index >= 15 is 0 Å². The monoisotopic (exact) mass is 283 g/mol. The Labute approximate surface area is 118 Å². The highest BCUT2D eigenvalue weighted by Crippen LogP contribution is 2.22. The molecule has 1 amide bonds. The van der Waals surface area contributed by atoms with Gasteiger partial charge in [0.15, 0.2) is 5.79 Å².